The highest BCUT2D eigenvalue weighted by Crippen LogP contribution is 2.33. The van der Waals surface area contributed by atoms with Crippen molar-refractivity contribution in [3.63, 3.8) is 0 Å². The number of hydrogen-bond acceptors (Lipinski definition) is 4. The molecule has 0 aliphatic heterocycles. The molecule has 1 N–H and O–H groups in total. The first-order valence-electron chi connectivity index (χ1n) is 7.68. The van der Waals surface area contributed by atoms with Crippen LogP contribution in [-0.4, -0.2) is 64.1 Å². The van der Waals surface area contributed by atoms with Crippen LogP contribution in [0.15, 0.2) is 0 Å². The maximum absolute atomic E-state index is 5.30. The molecule has 19 heavy (non-hydrogen) atoms. The lowest BCUT2D eigenvalue weighted by molar-refractivity contribution is 0.0670. The molecule has 114 valence electrons. The molecule has 0 bridgehead atoms. The Morgan fingerprint density at radius 1 is 1.26 bits per heavy atom. The predicted octanol–water partition coefficient (Wildman–Crippen LogP) is 1.75. The smallest absolute Gasteiger partial charge is 0.0615 e. The SMILES string of the molecule is CCCNC(CN(CCOC)C(C)COC)C1CC1. The van der Waals surface area contributed by atoms with Gasteiger partial charge in [-0.05, 0) is 38.6 Å². The van der Waals surface area contributed by atoms with Gasteiger partial charge in [-0.3, -0.25) is 4.90 Å². The maximum atomic E-state index is 5.30. The van der Waals surface area contributed by atoms with Crippen LogP contribution in [0.1, 0.15) is 33.1 Å². The van der Waals surface area contributed by atoms with Crippen LogP contribution >= 0.6 is 0 Å². The molecule has 1 rings (SSSR count). The highest BCUT2D eigenvalue weighted by atomic mass is 16.5. The molecule has 0 aromatic heterocycles. The van der Waals surface area contributed by atoms with Crippen molar-refractivity contribution in [2.45, 2.75) is 45.2 Å². The van der Waals surface area contributed by atoms with Crippen molar-refractivity contribution in [3.05, 3.63) is 0 Å². The van der Waals surface area contributed by atoms with E-state index in [9.17, 15) is 0 Å². The first-order valence-corrected chi connectivity index (χ1v) is 7.68. The summed E-state index contributed by atoms with van der Waals surface area (Å²) in [5.41, 5.74) is 0. The second-order valence-electron chi connectivity index (χ2n) is 5.69. The average Bonchev–Trinajstić information content (AvgIpc) is 3.22. The van der Waals surface area contributed by atoms with Crippen molar-refractivity contribution in [1.29, 1.82) is 0 Å². The average molecular weight is 272 g/mol. The van der Waals surface area contributed by atoms with Crippen molar-refractivity contribution in [2.75, 3.05) is 47.1 Å². The summed E-state index contributed by atoms with van der Waals surface area (Å²) in [6.45, 7) is 9.26. The maximum Gasteiger partial charge on any atom is 0.0615 e. The molecule has 1 aliphatic carbocycles. The van der Waals surface area contributed by atoms with E-state index in [-0.39, 0.29) is 0 Å². The minimum absolute atomic E-state index is 0.449. The Kier molecular flexibility index (Phi) is 8.62. The minimum Gasteiger partial charge on any atom is -0.383 e. The molecule has 0 aromatic carbocycles. The Labute approximate surface area is 118 Å². The summed E-state index contributed by atoms with van der Waals surface area (Å²) in [7, 11) is 3.55. The lowest BCUT2D eigenvalue weighted by Gasteiger charge is -2.32. The van der Waals surface area contributed by atoms with Crippen LogP contribution in [0, 0.1) is 5.92 Å². The topological polar surface area (TPSA) is 33.7 Å². The van der Waals surface area contributed by atoms with Gasteiger partial charge < -0.3 is 14.8 Å². The van der Waals surface area contributed by atoms with Crippen LogP contribution in [0.3, 0.4) is 0 Å². The summed E-state index contributed by atoms with van der Waals surface area (Å²) in [5, 5.41) is 3.71. The highest BCUT2D eigenvalue weighted by Gasteiger charge is 2.32. The van der Waals surface area contributed by atoms with Crippen molar-refractivity contribution in [2.24, 2.45) is 5.92 Å². The van der Waals surface area contributed by atoms with Crippen LogP contribution in [0.2, 0.25) is 0 Å². The van der Waals surface area contributed by atoms with Crippen LogP contribution in [0.5, 0.6) is 0 Å². The fourth-order valence-electron chi connectivity index (χ4n) is 2.51. The molecule has 0 heterocycles. The van der Waals surface area contributed by atoms with Gasteiger partial charge in [-0.25, -0.2) is 0 Å². The largest absolute Gasteiger partial charge is 0.383 e. The third-order valence-corrected chi connectivity index (χ3v) is 3.89. The molecule has 0 aromatic rings. The van der Waals surface area contributed by atoms with E-state index in [1.54, 1.807) is 14.2 Å². The highest BCUT2D eigenvalue weighted by molar-refractivity contribution is 4.89. The lowest BCUT2D eigenvalue weighted by Crippen LogP contribution is -2.48. The van der Waals surface area contributed by atoms with E-state index in [4.69, 9.17) is 9.47 Å². The molecular weight excluding hydrogens is 240 g/mol. The fraction of sp³-hybridized carbons (Fsp3) is 1.00. The zero-order chi connectivity index (χ0) is 14.1. The van der Waals surface area contributed by atoms with Crippen molar-refractivity contribution < 1.29 is 9.47 Å². The van der Waals surface area contributed by atoms with Gasteiger partial charge in [0.15, 0.2) is 0 Å². The molecule has 4 heteroatoms. The monoisotopic (exact) mass is 272 g/mol. The Balaban J connectivity index is 2.46. The number of rotatable bonds is 12. The van der Waals surface area contributed by atoms with Crippen molar-refractivity contribution in [3.8, 4) is 0 Å². The molecule has 2 unspecified atom stereocenters. The molecule has 0 spiro atoms. The van der Waals surface area contributed by atoms with E-state index >= 15 is 0 Å². The van der Waals surface area contributed by atoms with Crippen LogP contribution < -0.4 is 5.32 Å². The van der Waals surface area contributed by atoms with Gasteiger partial charge in [0, 0.05) is 39.4 Å². The quantitative estimate of drug-likeness (QED) is 0.587. The van der Waals surface area contributed by atoms with E-state index in [1.807, 2.05) is 0 Å². The van der Waals surface area contributed by atoms with Gasteiger partial charge in [-0.2, -0.15) is 0 Å². The van der Waals surface area contributed by atoms with Gasteiger partial charge in [0.05, 0.1) is 13.2 Å². The lowest BCUT2D eigenvalue weighted by atomic mass is 10.1. The van der Waals surface area contributed by atoms with Crippen molar-refractivity contribution in [1.82, 2.24) is 10.2 Å². The normalized spacial score (nSPS) is 18.8. The molecule has 1 saturated carbocycles. The summed E-state index contributed by atoms with van der Waals surface area (Å²) in [5.74, 6) is 0.881. The first-order chi connectivity index (χ1) is 9.22. The van der Waals surface area contributed by atoms with E-state index in [1.165, 1.54) is 19.3 Å². The van der Waals surface area contributed by atoms with Crippen LogP contribution in [0.4, 0.5) is 0 Å². The molecule has 1 aliphatic rings. The summed E-state index contributed by atoms with van der Waals surface area (Å²) in [6, 6.07) is 1.08. The molecule has 0 amide bonds. The van der Waals surface area contributed by atoms with E-state index in [2.05, 4.69) is 24.1 Å². The zero-order valence-corrected chi connectivity index (χ0v) is 13.2. The Morgan fingerprint density at radius 2 is 2.00 bits per heavy atom. The molecule has 4 nitrogen and oxygen atoms in total. The minimum atomic E-state index is 0.449. The van der Waals surface area contributed by atoms with E-state index in [0.29, 0.717) is 12.1 Å². The van der Waals surface area contributed by atoms with Gasteiger partial charge in [0.2, 0.25) is 0 Å². The van der Waals surface area contributed by atoms with E-state index < -0.39 is 0 Å². The van der Waals surface area contributed by atoms with Crippen molar-refractivity contribution >= 4 is 0 Å². The zero-order valence-electron chi connectivity index (χ0n) is 13.2. The molecule has 1 fully saturated rings. The number of nitrogens with one attached hydrogen (secondary N) is 1. The molecular formula is C15H32N2O2. The summed E-state index contributed by atoms with van der Waals surface area (Å²) < 4.78 is 10.5. The Hall–Kier alpha value is -0.160. The van der Waals surface area contributed by atoms with Gasteiger partial charge in [-0.1, -0.05) is 6.92 Å². The summed E-state index contributed by atoms with van der Waals surface area (Å²) in [6.07, 6.45) is 3.98. The summed E-state index contributed by atoms with van der Waals surface area (Å²) >= 11 is 0. The number of methoxy groups -OCH3 is 2. The predicted molar refractivity (Wildman–Crippen MR) is 79.6 cm³/mol. The Morgan fingerprint density at radius 3 is 2.53 bits per heavy atom. The van der Waals surface area contributed by atoms with Gasteiger partial charge >= 0.3 is 0 Å². The Bertz CT molecular complexity index is 222. The first kappa shape index (κ1) is 16.9. The third kappa shape index (κ3) is 6.70. The fourth-order valence-corrected chi connectivity index (χ4v) is 2.51. The van der Waals surface area contributed by atoms with Gasteiger partial charge in [-0.15, -0.1) is 0 Å². The second kappa shape index (κ2) is 9.70. The van der Waals surface area contributed by atoms with Gasteiger partial charge in [0.1, 0.15) is 0 Å². The number of nitrogens with zero attached hydrogens (tertiary/aromatic N) is 1. The molecule has 0 radical (unpaired) electrons. The molecule has 0 saturated heterocycles. The third-order valence-electron chi connectivity index (χ3n) is 3.89. The standard InChI is InChI=1S/C15H32N2O2/c1-5-8-16-15(14-6-7-14)11-17(9-10-18-3)13(2)12-19-4/h13-16H,5-12H2,1-4H3. The number of ether oxygens (including phenoxy) is 2. The van der Waals surface area contributed by atoms with Crippen LogP contribution in [-0.2, 0) is 9.47 Å². The van der Waals surface area contributed by atoms with Crippen LogP contribution in [0.25, 0.3) is 0 Å². The van der Waals surface area contributed by atoms with E-state index in [0.717, 1.165) is 38.8 Å². The number of hydrogen-bond donors (Lipinski definition) is 1. The second-order valence-corrected chi connectivity index (χ2v) is 5.69. The molecule has 2 atom stereocenters. The van der Waals surface area contributed by atoms with Gasteiger partial charge in [0.25, 0.3) is 0 Å². The summed E-state index contributed by atoms with van der Waals surface area (Å²) in [4.78, 5) is 2.50.